The molecule has 8 nitrogen and oxygen atoms in total. The van der Waals surface area contributed by atoms with Gasteiger partial charge >= 0.3 is 0 Å². The fourth-order valence-corrected chi connectivity index (χ4v) is 5.38. The number of anilines is 1. The van der Waals surface area contributed by atoms with E-state index in [9.17, 15) is 22.3 Å². The number of nitrogens with zero attached hydrogens (tertiary/aromatic N) is 3. The molecule has 1 aromatic heterocycles. The van der Waals surface area contributed by atoms with E-state index in [-0.39, 0.29) is 43.5 Å². The summed E-state index contributed by atoms with van der Waals surface area (Å²) in [4.78, 5) is 10.5. The van der Waals surface area contributed by atoms with Gasteiger partial charge in [0, 0.05) is 30.5 Å². The second-order valence-corrected chi connectivity index (χ2v) is 10.5. The molecule has 1 saturated heterocycles. The SMILES string of the molecule is C[C@H]1[C@H](O)CN1c1nc([C@H]2CC(NS(C)(=O)=O)c3ccccc3O2)c2c(n1)C(F)(F)CC2. The number of alkyl halides is 2. The number of halogens is 2. The Hall–Kier alpha value is -2.37. The van der Waals surface area contributed by atoms with E-state index in [0.717, 1.165) is 6.26 Å². The van der Waals surface area contributed by atoms with Gasteiger partial charge in [-0.25, -0.2) is 23.1 Å². The molecule has 0 saturated carbocycles. The number of para-hydroxylation sites is 1. The van der Waals surface area contributed by atoms with Crippen molar-refractivity contribution >= 4 is 16.0 Å². The number of aliphatic hydroxyl groups excluding tert-OH is 1. The van der Waals surface area contributed by atoms with Gasteiger partial charge in [0.15, 0.2) is 0 Å². The van der Waals surface area contributed by atoms with E-state index in [2.05, 4.69) is 14.7 Å². The Balaban J connectivity index is 1.59. The first-order valence-corrected chi connectivity index (χ1v) is 12.4. The Morgan fingerprint density at radius 3 is 2.72 bits per heavy atom. The molecule has 0 amide bonds. The van der Waals surface area contributed by atoms with Crippen LogP contribution in [0.1, 0.15) is 54.4 Å². The summed E-state index contributed by atoms with van der Waals surface area (Å²) in [5, 5.41) is 9.88. The van der Waals surface area contributed by atoms with E-state index >= 15 is 0 Å². The van der Waals surface area contributed by atoms with Gasteiger partial charge in [-0.15, -0.1) is 0 Å². The fraction of sp³-hybridized carbons (Fsp3) is 0.524. The predicted octanol–water partition coefficient (Wildman–Crippen LogP) is 2.20. The molecule has 0 bridgehead atoms. The van der Waals surface area contributed by atoms with Crippen LogP contribution in [0.4, 0.5) is 14.7 Å². The maximum absolute atomic E-state index is 14.7. The lowest BCUT2D eigenvalue weighted by Gasteiger charge is -2.43. The highest BCUT2D eigenvalue weighted by molar-refractivity contribution is 7.88. The maximum Gasteiger partial charge on any atom is 0.290 e. The summed E-state index contributed by atoms with van der Waals surface area (Å²) in [6.07, 6.45) is -0.261. The van der Waals surface area contributed by atoms with Crippen LogP contribution in [-0.4, -0.2) is 48.4 Å². The summed E-state index contributed by atoms with van der Waals surface area (Å²) in [7, 11) is -3.53. The second-order valence-electron chi connectivity index (χ2n) is 8.72. The zero-order valence-electron chi connectivity index (χ0n) is 17.6. The number of fused-ring (bicyclic) bond motifs is 2. The molecular formula is C21H24F2N4O4S. The topological polar surface area (TPSA) is 105 Å². The van der Waals surface area contributed by atoms with E-state index in [1.54, 1.807) is 36.1 Å². The highest BCUT2D eigenvalue weighted by Gasteiger charge is 2.46. The van der Waals surface area contributed by atoms with Gasteiger partial charge in [-0.2, -0.15) is 8.78 Å². The number of ether oxygens (including phenoxy) is 1. The number of aromatic nitrogens is 2. The zero-order valence-corrected chi connectivity index (χ0v) is 18.4. The smallest absolute Gasteiger partial charge is 0.290 e. The first kappa shape index (κ1) is 21.5. The average Bonchev–Trinajstić information content (AvgIpc) is 3.04. The van der Waals surface area contributed by atoms with Crippen molar-refractivity contribution in [2.45, 2.75) is 56.4 Å². The summed E-state index contributed by atoms with van der Waals surface area (Å²) in [5.41, 5.74) is 1.09. The quantitative estimate of drug-likeness (QED) is 0.712. The van der Waals surface area contributed by atoms with Crippen molar-refractivity contribution in [3.63, 3.8) is 0 Å². The zero-order chi connectivity index (χ0) is 22.8. The van der Waals surface area contributed by atoms with Gasteiger partial charge in [0.05, 0.1) is 30.1 Å². The average molecular weight is 467 g/mol. The van der Waals surface area contributed by atoms with Crippen molar-refractivity contribution in [1.29, 1.82) is 0 Å². The fourth-order valence-electron chi connectivity index (χ4n) is 4.64. The minimum Gasteiger partial charge on any atom is -0.484 e. The molecule has 3 aliphatic rings. The van der Waals surface area contributed by atoms with Crippen LogP contribution >= 0.6 is 0 Å². The summed E-state index contributed by atoms with van der Waals surface area (Å²) >= 11 is 0. The van der Waals surface area contributed by atoms with Crippen molar-refractivity contribution in [3.8, 4) is 5.75 Å². The van der Waals surface area contributed by atoms with Gasteiger partial charge in [-0.1, -0.05) is 18.2 Å². The lowest BCUT2D eigenvalue weighted by Crippen LogP contribution is -2.59. The molecule has 1 aliphatic carbocycles. The van der Waals surface area contributed by atoms with Crippen molar-refractivity contribution in [3.05, 3.63) is 46.8 Å². The second kappa shape index (κ2) is 7.32. The van der Waals surface area contributed by atoms with Crippen molar-refractivity contribution in [1.82, 2.24) is 14.7 Å². The van der Waals surface area contributed by atoms with E-state index < -0.39 is 34.2 Å². The van der Waals surface area contributed by atoms with Gasteiger partial charge in [0.1, 0.15) is 17.5 Å². The van der Waals surface area contributed by atoms with Crippen LogP contribution in [0.15, 0.2) is 24.3 Å². The number of hydrogen-bond donors (Lipinski definition) is 2. The molecule has 0 spiro atoms. The maximum atomic E-state index is 14.7. The van der Waals surface area contributed by atoms with Crippen LogP contribution in [0.2, 0.25) is 0 Å². The number of rotatable bonds is 4. The number of benzene rings is 1. The number of sulfonamides is 1. The van der Waals surface area contributed by atoms with Crippen LogP contribution in [0, 0.1) is 0 Å². The Bertz CT molecular complexity index is 1180. The van der Waals surface area contributed by atoms with Crippen LogP contribution < -0.4 is 14.4 Å². The van der Waals surface area contributed by atoms with Gasteiger partial charge < -0.3 is 14.7 Å². The summed E-state index contributed by atoms with van der Waals surface area (Å²) in [5.74, 6) is -2.46. The molecule has 1 aromatic carbocycles. The van der Waals surface area contributed by atoms with E-state index in [1.807, 2.05) is 0 Å². The normalized spacial score (nSPS) is 28.5. The molecule has 2 N–H and O–H groups in total. The van der Waals surface area contributed by atoms with Crippen molar-refractivity contribution in [2.24, 2.45) is 0 Å². The first-order chi connectivity index (χ1) is 15.0. The van der Waals surface area contributed by atoms with Gasteiger partial charge in [0.2, 0.25) is 16.0 Å². The number of nitrogens with one attached hydrogen (secondary N) is 1. The third-order valence-corrected chi connectivity index (χ3v) is 7.14. The van der Waals surface area contributed by atoms with E-state index in [4.69, 9.17) is 4.74 Å². The molecule has 2 aromatic rings. The van der Waals surface area contributed by atoms with Gasteiger partial charge in [0.25, 0.3) is 5.92 Å². The minimum atomic E-state index is -3.53. The highest BCUT2D eigenvalue weighted by atomic mass is 32.2. The molecule has 0 radical (unpaired) electrons. The standard InChI is InChI=1S/C21H24F2N4O4S/c1-11-15(28)10-27(11)20-24-18(13-7-8-21(22,23)19(13)25-20)17-9-14(26-32(2,29)30)12-5-3-4-6-16(12)31-17/h3-6,11,14-15,17,26,28H,7-10H2,1-2H3/t11-,14?,15+,17+/m0/s1. The number of hydrogen-bond acceptors (Lipinski definition) is 7. The Labute approximate surface area is 184 Å². The van der Waals surface area contributed by atoms with Gasteiger partial charge in [-0.3, -0.25) is 0 Å². The van der Waals surface area contributed by atoms with Crippen LogP contribution in [0.25, 0.3) is 0 Å². The Kier molecular flexibility index (Phi) is 4.91. The lowest BCUT2D eigenvalue weighted by molar-refractivity contribution is -0.00609. The largest absolute Gasteiger partial charge is 0.484 e. The molecule has 11 heteroatoms. The Morgan fingerprint density at radius 2 is 2.03 bits per heavy atom. The third kappa shape index (κ3) is 3.61. The summed E-state index contributed by atoms with van der Waals surface area (Å²) in [6, 6.07) is 6.19. The van der Waals surface area contributed by atoms with Gasteiger partial charge in [-0.05, 0) is 19.4 Å². The molecule has 32 heavy (non-hydrogen) atoms. The summed E-state index contributed by atoms with van der Waals surface area (Å²) in [6.45, 7) is 2.04. The lowest BCUT2D eigenvalue weighted by atomic mass is 9.94. The highest BCUT2D eigenvalue weighted by Crippen LogP contribution is 2.47. The minimum absolute atomic E-state index is 0.113. The van der Waals surface area contributed by atoms with E-state index in [1.165, 1.54) is 0 Å². The molecule has 4 atom stereocenters. The van der Waals surface area contributed by atoms with Crippen LogP contribution in [0.3, 0.4) is 0 Å². The first-order valence-electron chi connectivity index (χ1n) is 10.5. The molecule has 1 fully saturated rings. The number of aliphatic hydroxyl groups is 1. The summed E-state index contributed by atoms with van der Waals surface area (Å²) < 4.78 is 62.1. The molecule has 1 unspecified atom stereocenters. The van der Waals surface area contributed by atoms with Crippen molar-refractivity contribution in [2.75, 3.05) is 17.7 Å². The molecular weight excluding hydrogens is 442 g/mol. The van der Waals surface area contributed by atoms with E-state index in [0.29, 0.717) is 22.6 Å². The monoisotopic (exact) mass is 466 g/mol. The van der Waals surface area contributed by atoms with Crippen LogP contribution in [0.5, 0.6) is 5.75 Å². The van der Waals surface area contributed by atoms with Crippen LogP contribution in [-0.2, 0) is 22.4 Å². The molecule has 3 heterocycles. The third-order valence-electron chi connectivity index (χ3n) is 6.43. The molecule has 2 aliphatic heterocycles. The number of β-amino-alcohol motifs (C(OH)–C–C–N with tert-alkyl or cyclic N) is 1. The van der Waals surface area contributed by atoms with Crippen molar-refractivity contribution < 1.29 is 27.0 Å². The Morgan fingerprint density at radius 1 is 1.28 bits per heavy atom. The molecule has 172 valence electrons. The predicted molar refractivity (Wildman–Crippen MR) is 112 cm³/mol. The molecule has 5 rings (SSSR count).